The Morgan fingerprint density at radius 2 is 2.00 bits per heavy atom. The molecule has 3 fully saturated rings. The van der Waals surface area contributed by atoms with Gasteiger partial charge in [-0.15, -0.1) is 0 Å². The molecule has 3 rings (SSSR count). The van der Waals surface area contributed by atoms with Crippen LogP contribution in [0.2, 0.25) is 0 Å². The number of ether oxygens (including phenoxy) is 1. The van der Waals surface area contributed by atoms with Crippen LogP contribution in [0.25, 0.3) is 0 Å². The molecule has 6 atom stereocenters. The minimum atomic E-state index is 0.390. The highest BCUT2D eigenvalue weighted by molar-refractivity contribution is 4.99. The van der Waals surface area contributed by atoms with Crippen molar-refractivity contribution in [1.29, 1.82) is 0 Å². The Morgan fingerprint density at radius 1 is 1.11 bits per heavy atom. The van der Waals surface area contributed by atoms with Gasteiger partial charge in [-0.1, -0.05) is 6.42 Å². The average molecular weight is 267 g/mol. The highest BCUT2D eigenvalue weighted by Crippen LogP contribution is 2.34. The Kier molecular flexibility index (Phi) is 4.42. The van der Waals surface area contributed by atoms with Crippen LogP contribution in [-0.4, -0.2) is 44.4 Å². The Morgan fingerprint density at radius 3 is 2.84 bits per heavy atom. The number of nitrogens with one attached hydrogen (secondary N) is 2. The molecule has 0 aromatic heterocycles. The molecular weight excluding hydrogens is 238 g/mol. The molecule has 2 heterocycles. The monoisotopic (exact) mass is 267 g/mol. The van der Waals surface area contributed by atoms with Gasteiger partial charge >= 0.3 is 0 Å². The summed E-state index contributed by atoms with van der Waals surface area (Å²) in [6.45, 7) is 2.23. The third kappa shape index (κ3) is 2.97. The Hall–Kier alpha value is -0.160. The van der Waals surface area contributed by atoms with Crippen molar-refractivity contribution >= 4 is 0 Å². The summed E-state index contributed by atoms with van der Waals surface area (Å²) >= 11 is 0. The van der Waals surface area contributed by atoms with Crippen molar-refractivity contribution in [1.82, 2.24) is 10.6 Å². The summed E-state index contributed by atoms with van der Waals surface area (Å²) in [4.78, 5) is 0. The average Bonchev–Trinajstić information content (AvgIpc) is 2.47. The maximum absolute atomic E-state index is 6.45. The normalized spacial score (nSPS) is 47.7. The fourth-order valence-electron chi connectivity index (χ4n) is 4.47. The molecule has 4 heteroatoms. The molecule has 0 radical (unpaired) electrons. The van der Waals surface area contributed by atoms with E-state index in [1.165, 1.54) is 32.1 Å². The first-order chi connectivity index (χ1) is 9.28. The predicted octanol–water partition coefficient (Wildman–Crippen LogP) is 0.859. The molecule has 3 aliphatic rings. The molecule has 4 nitrogen and oxygen atoms in total. The van der Waals surface area contributed by atoms with E-state index in [0.717, 1.165) is 25.4 Å². The third-order valence-corrected chi connectivity index (χ3v) is 5.61. The Balaban J connectivity index is 1.62. The number of rotatable bonds is 2. The lowest BCUT2D eigenvalue weighted by molar-refractivity contribution is 0.0293. The summed E-state index contributed by atoms with van der Waals surface area (Å²) < 4.78 is 5.57. The van der Waals surface area contributed by atoms with Crippen LogP contribution < -0.4 is 16.4 Å². The van der Waals surface area contributed by atoms with Crippen molar-refractivity contribution in [2.75, 3.05) is 20.2 Å². The van der Waals surface area contributed by atoms with E-state index in [0.29, 0.717) is 30.1 Å². The van der Waals surface area contributed by atoms with Crippen LogP contribution in [-0.2, 0) is 4.74 Å². The lowest BCUT2D eigenvalue weighted by atomic mass is 9.73. The summed E-state index contributed by atoms with van der Waals surface area (Å²) in [5.41, 5.74) is 6.45. The number of nitrogens with two attached hydrogens (primary N) is 1. The Labute approximate surface area is 116 Å². The van der Waals surface area contributed by atoms with Crippen molar-refractivity contribution in [2.24, 2.45) is 17.6 Å². The Bertz CT molecular complexity index is 299. The summed E-state index contributed by atoms with van der Waals surface area (Å²) in [5, 5.41) is 7.41. The van der Waals surface area contributed by atoms with E-state index in [4.69, 9.17) is 10.5 Å². The van der Waals surface area contributed by atoms with E-state index in [-0.39, 0.29) is 0 Å². The van der Waals surface area contributed by atoms with E-state index in [1.807, 2.05) is 7.11 Å². The minimum absolute atomic E-state index is 0.390. The zero-order valence-corrected chi connectivity index (χ0v) is 12.1. The van der Waals surface area contributed by atoms with Gasteiger partial charge in [-0.2, -0.15) is 0 Å². The van der Waals surface area contributed by atoms with Crippen LogP contribution in [0.1, 0.15) is 38.5 Å². The first kappa shape index (κ1) is 13.8. The maximum Gasteiger partial charge on any atom is 0.0574 e. The highest BCUT2D eigenvalue weighted by atomic mass is 16.5. The van der Waals surface area contributed by atoms with Gasteiger partial charge in [-0.25, -0.2) is 0 Å². The van der Waals surface area contributed by atoms with Gasteiger partial charge in [-0.05, 0) is 50.5 Å². The summed E-state index contributed by atoms with van der Waals surface area (Å²) in [6, 6.07) is 1.58. The van der Waals surface area contributed by atoms with Gasteiger partial charge in [-0.3, -0.25) is 0 Å². The topological polar surface area (TPSA) is 59.3 Å². The number of hydrogen-bond donors (Lipinski definition) is 3. The van der Waals surface area contributed by atoms with Crippen molar-refractivity contribution in [3.63, 3.8) is 0 Å². The molecule has 110 valence electrons. The summed E-state index contributed by atoms with van der Waals surface area (Å²) in [5.74, 6) is 1.44. The first-order valence-electron chi connectivity index (χ1n) is 8.03. The van der Waals surface area contributed by atoms with E-state index in [9.17, 15) is 0 Å². The van der Waals surface area contributed by atoms with Gasteiger partial charge in [0, 0.05) is 31.8 Å². The zero-order chi connectivity index (χ0) is 13.2. The second kappa shape index (κ2) is 6.08. The molecule has 2 saturated heterocycles. The summed E-state index contributed by atoms with van der Waals surface area (Å²) in [6.07, 6.45) is 7.96. The summed E-state index contributed by atoms with van der Waals surface area (Å²) in [7, 11) is 1.86. The fraction of sp³-hybridized carbons (Fsp3) is 1.00. The first-order valence-corrected chi connectivity index (χ1v) is 8.03. The molecule has 1 saturated carbocycles. The van der Waals surface area contributed by atoms with Crippen molar-refractivity contribution in [3.05, 3.63) is 0 Å². The van der Waals surface area contributed by atoms with Crippen molar-refractivity contribution in [2.45, 2.75) is 62.8 Å². The van der Waals surface area contributed by atoms with Crippen LogP contribution in [0, 0.1) is 11.8 Å². The number of methoxy groups -OCH3 is 1. The van der Waals surface area contributed by atoms with Crippen LogP contribution in [0.5, 0.6) is 0 Å². The quantitative estimate of drug-likeness (QED) is 0.694. The van der Waals surface area contributed by atoms with Crippen molar-refractivity contribution < 1.29 is 4.74 Å². The SMILES string of the molecule is COC1CCCC(C2CC(N)C3CCNCC3N2)C1. The predicted molar refractivity (Wildman–Crippen MR) is 77.0 cm³/mol. The molecule has 19 heavy (non-hydrogen) atoms. The van der Waals surface area contributed by atoms with Gasteiger partial charge in [0.25, 0.3) is 0 Å². The molecule has 0 spiro atoms. The van der Waals surface area contributed by atoms with Gasteiger partial charge in [0.15, 0.2) is 0 Å². The van der Waals surface area contributed by atoms with Gasteiger partial charge in [0.1, 0.15) is 0 Å². The molecule has 2 aliphatic heterocycles. The smallest absolute Gasteiger partial charge is 0.0574 e. The molecule has 6 unspecified atom stereocenters. The van der Waals surface area contributed by atoms with E-state index >= 15 is 0 Å². The van der Waals surface area contributed by atoms with E-state index in [2.05, 4.69) is 10.6 Å². The minimum Gasteiger partial charge on any atom is -0.381 e. The third-order valence-electron chi connectivity index (χ3n) is 5.61. The second-order valence-corrected chi connectivity index (χ2v) is 6.72. The van der Waals surface area contributed by atoms with Crippen molar-refractivity contribution in [3.8, 4) is 0 Å². The molecule has 1 aliphatic carbocycles. The lowest BCUT2D eigenvalue weighted by Gasteiger charge is -2.47. The second-order valence-electron chi connectivity index (χ2n) is 6.72. The highest BCUT2D eigenvalue weighted by Gasteiger charge is 2.40. The number of piperidine rings is 2. The number of fused-ring (bicyclic) bond motifs is 1. The fourth-order valence-corrected chi connectivity index (χ4v) is 4.47. The van der Waals surface area contributed by atoms with Crippen LogP contribution in [0.4, 0.5) is 0 Å². The molecular formula is C15H29N3O. The molecule has 4 N–H and O–H groups in total. The van der Waals surface area contributed by atoms with E-state index in [1.54, 1.807) is 0 Å². The lowest BCUT2D eigenvalue weighted by Crippen LogP contribution is -2.64. The van der Waals surface area contributed by atoms with Crippen LogP contribution >= 0.6 is 0 Å². The molecule has 0 bridgehead atoms. The van der Waals surface area contributed by atoms with Crippen LogP contribution in [0.3, 0.4) is 0 Å². The van der Waals surface area contributed by atoms with Gasteiger partial charge < -0.3 is 21.1 Å². The largest absolute Gasteiger partial charge is 0.381 e. The molecule has 0 aromatic rings. The van der Waals surface area contributed by atoms with Gasteiger partial charge in [0.2, 0.25) is 0 Å². The zero-order valence-electron chi connectivity index (χ0n) is 12.1. The van der Waals surface area contributed by atoms with Gasteiger partial charge in [0.05, 0.1) is 6.10 Å². The molecule has 0 amide bonds. The van der Waals surface area contributed by atoms with Crippen LogP contribution in [0.15, 0.2) is 0 Å². The number of hydrogen-bond acceptors (Lipinski definition) is 4. The standard InChI is InChI=1S/C15H29N3O/c1-19-11-4-2-3-10(7-11)14-8-13(16)12-5-6-17-9-15(12)18-14/h10-15,17-18H,2-9,16H2,1H3. The maximum atomic E-state index is 6.45. The van der Waals surface area contributed by atoms with E-state index < -0.39 is 0 Å². The molecule has 0 aromatic carbocycles.